The molecule has 2 aromatic carbocycles. The molecule has 0 aromatic heterocycles. The zero-order chi connectivity index (χ0) is 22.2. The molecule has 2 aromatic rings. The Kier molecular flexibility index (Phi) is 5.79. The second kappa shape index (κ2) is 8.37. The van der Waals surface area contributed by atoms with Gasteiger partial charge in [0.15, 0.2) is 0 Å². The number of halogens is 2. The lowest BCUT2D eigenvalue weighted by Crippen LogP contribution is -2.32. The van der Waals surface area contributed by atoms with E-state index in [-0.39, 0.29) is 29.5 Å². The van der Waals surface area contributed by atoms with Gasteiger partial charge in [0.25, 0.3) is 11.8 Å². The van der Waals surface area contributed by atoms with E-state index in [1.54, 1.807) is 17.0 Å². The Hall–Kier alpha value is -2.81. The first-order valence-corrected chi connectivity index (χ1v) is 11.6. The van der Waals surface area contributed by atoms with Gasteiger partial charge < -0.3 is 10.2 Å². The van der Waals surface area contributed by atoms with Gasteiger partial charge in [-0.25, -0.2) is 8.42 Å². The van der Waals surface area contributed by atoms with E-state index < -0.39 is 20.5 Å². The van der Waals surface area contributed by atoms with Crippen molar-refractivity contribution in [1.29, 1.82) is 0 Å². The van der Waals surface area contributed by atoms with Gasteiger partial charge in [0.05, 0.1) is 4.90 Å². The molecule has 0 bridgehead atoms. The van der Waals surface area contributed by atoms with Gasteiger partial charge in [-0.2, -0.15) is 8.78 Å². The number of carbonyl (C=O) groups excluding carboxylic acids is 2. The van der Waals surface area contributed by atoms with Crippen molar-refractivity contribution < 1.29 is 26.8 Å². The fourth-order valence-electron chi connectivity index (χ4n) is 3.26. The summed E-state index contributed by atoms with van der Waals surface area (Å²) in [5, 5.41) is 2.93. The molecule has 2 amide bonds. The second-order valence-corrected chi connectivity index (χ2v) is 9.86. The van der Waals surface area contributed by atoms with Gasteiger partial charge in [-0.05, 0) is 67.6 Å². The Bertz CT molecular complexity index is 1080. The highest BCUT2D eigenvalue weighted by atomic mass is 32.2. The van der Waals surface area contributed by atoms with Crippen LogP contribution >= 0.6 is 0 Å². The summed E-state index contributed by atoms with van der Waals surface area (Å²) >= 11 is 0. The molecule has 2 aliphatic rings. The third-order valence-corrected chi connectivity index (χ3v) is 6.79. The molecule has 0 atom stereocenters. The molecule has 0 unspecified atom stereocenters. The molecule has 0 spiro atoms. The number of hydrogen-bond donors (Lipinski definition) is 1. The first-order valence-electron chi connectivity index (χ1n) is 10.1. The fraction of sp³-hybridized carbons (Fsp3) is 0.364. The first kappa shape index (κ1) is 21.4. The highest BCUT2D eigenvalue weighted by Gasteiger charge is 2.33. The van der Waals surface area contributed by atoms with E-state index in [1.807, 2.05) is 12.1 Å². The van der Waals surface area contributed by atoms with Crippen molar-refractivity contribution in [2.75, 3.05) is 0 Å². The van der Waals surface area contributed by atoms with Gasteiger partial charge in [-0.3, -0.25) is 9.59 Å². The van der Waals surface area contributed by atoms with Crippen LogP contribution in [0.3, 0.4) is 0 Å². The average Bonchev–Trinajstić information content (AvgIpc) is 3.67. The predicted octanol–water partition coefficient (Wildman–Crippen LogP) is 3.38. The SMILES string of the molecule is O=C(NC1CC1)c1ccc(CN(C(=O)c2ccc(S(=O)(=O)C(F)F)cc2)C2CC2)cc1. The maximum atomic E-state index is 13.0. The van der Waals surface area contributed by atoms with Crippen molar-refractivity contribution in [3.63, 3.8) is 0 Å². The van der Waals surface area contributed by atoms with Crippen molar-refractivity contribution in [2.45, 2.75) is 55.0 Å². The van der Waals surface area contributed by atoms with Crippen LogP contribution < -0.4 is 5.32 Å². The minimum atomic E-state index is -4.70. The number of rotatable bonds is 8. The summed E-state index contributed by atoms with van der Waals surface area (Å²) in [6, 6.07) is 12.0. The number of hydrogen-bond acceptors (Lipinski definition) is 4. The molecule has 2 aliphatic carbocycles. The number of nitrogens with zero attached hydrogens (tertiary/aromatic N) is 1. The van der Waals surface area contributed by atoms with E-state index in [1.165, 1.54) is 12.1 Å². The summed E-state index contributed by atoms with van der Waals surface area (Å²) in [6.07, 6.45) is 3.76. The highest BCUT2D eigenvalue weighted by Crippen LogP contribution is 2.30. The Labute approximate surface area is 179 Å². The summed E-state index contributed by atoms with van der Waals surface area (Å²) in [7, 11) is -4.70. The monoisotopic (exact) mass is 448 g/mol. The van der Waals surface area contributed by atoms with Gasteiger partial charge >= 0.3 is 5.76 Å². The number of sulfone groups is 1. The van der Waals surface area contributed by atoms with Crippen molar-refractivity contribution in [2.24, 2.45) is 0 Å². The van der Waals surface area contributed by atoms with Crippen LogP contribution in [0.15, 0.2) is 53.4 Å². The number of benzene rings is 2. The molecule has 9 heteroatoms. The summed E-state index contributed by atoms with van der Waals surface area (Å²) in [5.41, 5.74) is 1.66. The van der Waals surface area contributed by atoms with Crippen LogP contribution in [0.25, 0.3) is 0 Å². The standard InChI is InChI=1S/C22H22F2N2O4S/c23-22(24)31(29,30)19-11-5-16(6-12-19)21(28)26(18-9-10-18)13-14-1-3-15(4-2-14)20(27)25-17-7-8-17/h1-6,11-12,17-18,22H,7-10,13H2,(H,25,27). The number of amides is 2. The van der Waals surface area contributed by atoms with Gasteiger partial charge in [-0.15, -0.1) is 0 Å². The third-order valence-electron chi connectivity index (χ3n) is 5.39. The lowest BCUT2D eigenvalue weighted by molar-refractivity contribution is 0.0729. The van der Waals surface area contributed by atoms with Crippen LogP contribution in [-0.2, 0) is 16.4 Å². The number of carbonyl (C=O) groups is 2. The van der Waals surface area contributed by atoms with Gasteiger partial charge in [0.2, 0.25) is 9.84 Å². The minimum Gasteiger partial charge on any atom is -0.349 e. The quantitative estimate of drug-likeness (QED) is 0.671. The maximum Gasteiger partial charge on any atom is 0.341 e. The maximum absolute atomic E-state index is 13.0. The van der Waals surface area contributed by atoms with E-state index in [0.717, 1.165) is 43.4 Å². The van der Waals surface area contributed by atoms with E-state index in [9.17, 15) is 26.8 Å². The normalized spacial score (nSPS) is 16.2. The van der Waals surface area contributed by atoms with Crippen molar-refractivity contribution in [3.8, 4) is 0 Å². The molecule has 0 aliphatic heterocycles. The third kappa shape index (κ3) is 4.92. The molecule has 1 N–H and O–H groups in total. The topological polar surface area (TPSA) is 83.6 Å². The van der Waals surface area contributed by atoms with Crippen LogP contribution in [0.2, 0.25) is 0 Å². The Balaban J connectivity index is 1.46. The second-order valence-electron chi connectivity index (χ2n) is 7.94. The van der Waals surface area contributed by atoms with E-state index in [4.69, 9.17) is 0 Å². The first-order chi connectivity index (χ1) is 14.8. The molecule has 6 nitrogen and oxygen atoms in total. The molecule has 0 saturated heterocycles. The lowest BCUT2D eigenvalue weighted by atomic mass is 10.1. The zero-order valence-corrected chi connectivity index (χ0v) is 17.4. The van der Waals surface area contributed by atoms with Crippen molar-refractivity contribution >= 4 is 21.7 Å². The number of alkyl halides is 2. The van der Waals surface area contributed by atoms with Gasteiger partial charge in [0.1, 0.15) is 0 Å². The highest BCUT2D eigenvalue weighted by molar-refractivity contribution is 7.91. The molecule has 2 fully saturated rings. The van der Waals surface area contributed by atoms with Crippen molar-refractivity contribution in [3.05, 3.63) is 65.2 Å². The van der Waals surface area contributed by atoms with Crippen LogP contribution in [-0.4, -0.2) is 43.0 Å². The van der Waals surface area contributed by atoms with Crippen LogP contribution in [0.1, 0.15) is 52.0 Å². The van der Waals surface area contributed by atoms with E-state index in [0.29, 0.717) is 12.1 Å². The lowest BCUT2D eigenvalue weighted by Gasteiger charge is -2.23. The molecule has 0 heterocycles. The van der Waals surface area contributed by atoms with E-state index in [2.05, 4.69) is 5.32 Å². The number of nitrogens with one attached hydrogen (secondary N) is 1. The fourth-order valence-corrected chi connectivity index (χ4v) is 3.98. The predicted molar refractivity (Wildman–Crippen MR) is 109 cm³/mol. The Morgan fingerprint density at radius 1 is 0.935 bits per heavy atom. The summed E-state index contributed by atoms with van der Waals surface area (Å²) in [6.45, 7) is 0.338. The van der Waals surface area contributed by atoms with Crippen LogP contribution in [0.4, 0.5) is 8.78 Å². The molecule has 31 heavy (non-hydrogen) atoms. The molecule has 164 valence electrons. The van der Waals surface area contributed by atoms with Crippen LogP contribution in [0.5, 0.6) is 0 Å². The van der Waals surface area contributed by atoms with E-state index >= 15 is 0 Å². The van der Waals surface area contributed by atoms with Gasteiger partial charge in [0, 0.05) is 29.8 Å². The summed E-state index contributed by atoms with van der Waals surface area (Å²) < 4.78 is 48.5. The molecule has 0 radical (unpaired) electrons. The van der Waals surface area contributed by atoms with Crippen LogP contribution in [0, 0.1) is 0 Å². The largest absolute Gasteiger partial charge is 0.349 e. The molecular weight excluding hydrogens is 426 g/mol. The summed E-state index contributed by atoms with van der Waals surface area (Å²) in [4.78, 5) is 26.3. The molecule has 4 rings (SSSR count). The van der Waals surface area contributed by atoms with Crippen molar-refractivity contribution in [1.82, 2.24) is 10.2 Å². The Morgan fingerprint density at radius 3 is 2.03 bits per heavy atom. The zero-order valence-electron chi connectivity index (χ0n) is 16.6. The smallest absolute Gasteiger partial charge is 0.341 e. The minimum absolute atomic E-state index is 0.0785. The molecule has 2 saturated carbocycles. The summed E-state index contributed by atoms with van der Waals surface area (Å²) in [5.74, 6) is -3.91. The Morgan fingerprint density at radius 2 is 1.52 bits per heavy atom. The average molecular weight is 448 g/mol. The molecular formula is C22H22F2N2O4S. The van der Waals surface area contributed by atoms with Gasteiger partial charge in [-0.1, -0.05) is 12.1 Å².